The summed E-state index contributed by atoms with van der Waals surface area (Å²) in [4.78, 5) is 11.0. The van der Waals surface area contributed by atoms with Crippen LogP contribution in [0.1, 0.15) is 24.3 Å². The predicted molar refractivity (Wildman–Crippen MR) is 36.9 cm³/mol. The quantitative estimate of drug-likeness (QED) is 0.626. The Morgan fingerprint density at radius 3 is 2.91 bits per heavy atom. The summed E-state index contributed by atoms with van der Waals surface area (Å²) in [6.07, 6.45) is 1.20. The first-order valence-electron chi connectivity index (χ1n) is 3.27. The maximum atomic E-state index is 11.0. The summed E-state index contributed by atoms with van der Waals surface area (Å²) in [5.41, 5.74) is 0.277. The van der Waals surface area contributed by atoms with Crippen molar-refractivity contribution in [2.45, 2.75) is 20.0 Å². The molecule has 0 aliphatic heterocycles. The zero-order valence-corrected chi connectivity index (χ0v) is 6.37. The number of carbonyl (C=O) groups is 1. The third kappa shape index (κ3) is 2.03. The van der Waals surface area contributed by atoms with Crippen molar-refractivity contribution in [3.8, 4) is 0 Å². The fourth-order valence-electron chi connectivity index (χ4n) is 0.574. The molecule has 0 unspecified atom stereocenters. The number of aromatic nitrogens is 3. The Hall–Kier alpha value is -1.39. The summed E-state index contributed by atoms with van der Waals surface area (Å²) < 4.78 is 4.84. The number of nitrogens with zero attached hydrogens (tertiary/aromatic N) is 2. The van der Waals surface area contributed by atoms with Crippen LogP contribution in [0.3, 0.4) is 0 Å². The normalized spacial score (nSPS) is 10.1. The standard InChI is InChI=1S/C6H9N3O2/c1-4(2)11-6(10)5-3-7-9-8-5/h3-4H,1-2H3,(H,7,8,9). The monoisotopic (exact) mass is 155 g/mol. The molecule has 60 valence electrons. The average molecular weight is 155 g/mol. The molecule has 0 bridgehead atoms. The van der Waals surface area contributed by atoms with E-state index in [-0.39, 0.29) is 11.8 Å². The van der Waals surface area contributed by atoms with Crippen LogP contribution >= 0.6 is 0 Å². The van der Waals surface area contributed by atoms with Gasteiger partial charge in [-0.25, -0.2) is 4.79 Å². The van der Waals surface area contributed by atoms with Crippen molar-refractivity contribution >= 4 is 5.97 Å². The van der Waals surface area contributed by atoms with Gasteiger partial charge in [0.15, 0.2) is 5.69 Å². The Bertz CT molecular complexity index is 230. The minimum Gasteiger partial charge on any atom is -0.458 e. The third-order valence-electron chi connectivity index (χ3n) is 0.978. The van der Waals surface area contributed by atoms with Crippen molar-refractivity contribution in [3.63, 3.8) is 0 Å². The Balaban J connectivity index is 2.57. The van der Waals surface area contributed by atoms with Crippen molar-refractivity contribution in [3.05, 3.63) is 11.9 Å². The van der Waals surface area contributed by atoms with Crippen LogP contribution in [0.4, 0.5) is 0 Å². The number of carbonyl (C=O) groups excluding carboxylic acids is 1. The highest BCUT2D eigenvalue weighted by Gasteiger charge is 2.09. The van der Waals surface area contributed by atoms with Gasteiger partial charge in [0.25, 0.3) is 0 Å². The van der Waals surface area contributed by atoms with Gasteiger partial charge >= 0.3 is 5.97 Å². The number of ether oxygens (including phenoxy) is 1. The summed E-state index contributed by atoms with van der Waals surface area (Å²) in [7, 11) is 0. The van der Waals surface area contributed by atoms with Crippen molar-refractivity contribution in [1.82, 2.24) is 15.4 Å². The molecule has 0 aliphatic carbocycles. The van der Waals surface area contributed by atoms with Crippen molar-refractivity contribution in [2.24, 2.45) is 0 Å². The molecule has 1 N–H and O–H groups in total. The SMILES string of the molecule is CC(C)OC(=O)c1cnn[nH]1. The van der Waals surface area contributed by atoms with E-state index in [2.05, 4.69) is 15.4 Å². The molecule has 0 atom stereocenters. The van der Waals surface area contributed by atoms with Gasteiger partial charge in [0.2, 0.25) is 0 Å². The number of hydrogen-bond acceptors (Lipinski definition) is 4. The molecule has 1 aromatic heterocycles. The second-order valence-corrected chi connectivity index (χ2v) is 2.32. The molecule has 11 heavy (non-hydrogen) atoms. The molecule has 0 saturated carbocycles. The molecule has 0 radical (unpaired) electrons. The van der Waals surface area contributed by atoms with E-state index in [0.29, 0.717) is 0 Å². The molecule has 0 aliphatic rings. The summed E-state index contributed by atoms with van der Waals surface area (Å²) in [6.45, 7) is 3.56. The van der Waals surface area contributed by atoms with E-state index < -0.39 is 5.97 Å². The van der Waals surface area contributed by atoms with Crippen LogP contribution < -0.4 is 0 Å². The van der Waals surface area contributed by atoms with Gasteiger partial charge in [0.05, 0.1) is 12.3 Å². The third-order valence-corrected chi connectivity index (χ3v) is 0.978. The van der Waals surface area contributed by atoms with E-state index >= 15 is 0 Å². The van der Waals surface area contributed by atoms with E-state index in [1.54, 1.807) is 13.8 Å². The molecule has 0 fully saturated rings. The van der Waals surface area contributed by atoms with Gasteiger partial charge in [-0.15, -0.1) is 5.10 Å². The first-order valence-corrected chi connectivity index (χ1v) is 3.27. The highest BCUT2D eigenvalue weighted by Crippen LogP contribution is 1.96. The minimum atomic E-state index is -0.426. The van der Waals surface area contributed by atoms with Crippen molar-refractivity contribution in [2.75, 3.05) is 0 Å². The van der Waals surface area contributed by atoms with E-state index in [4.69, 9.17) is 4.74 Å². The van der Waals surface area contributed by atoms with Gasteiger partial charge in [-0.05, 0) is 13.8 Å². The number of nitrogens with one attached hydrogen (secondary N) is 1. The van der Waals surface area contributed by atoms with E-state index in [9.17, 15) is 4.79 Å². The Morgan fingerprint density at radius 1 is 1.73 bits per heavy atom. The van der Waals surface area contributed by atoms with Crippen LogP contribution in [0.2, 0.25) is 0 Å². The number of aromatic amines is 1. The number of hydrogen-bond donors (Lipinski definition) is 1. The summed E-state index contributed by atoms with van der Waals surface area (Å²) >= 11 is 0. The van der Waals surface area contributed by atoms with Gasteiger partial charge in [-0.3, -0.25) is 5.10 Å². The fourth-order valence-corrected chi connectivity index (χ4v) is 0.574. The largest absolute Gasteiger partial charge is 0.458 e. The Labute approximate surface area is 63.8 Å². The summed E-state index contributed by atoms with van der Waals surface area (Å²) in [6, 6.07) is 0. The molecule has 0 amide bonds. The summed E-state index contributed by atoms with van der Waals surface area (Å²) in [5.74, 6) is -0.426. The van der Waals surface area contributed by atoms with Crippen LogP contribution in [0.25, 0.3) is 0 Å². The second-order valence-electron chi connectivity index (χ2n) is 2.32. The molecule has 5 nitrogen and oxygen atoms in total. The molecule has 1 aromatic rings. The van der Waals surface area contributed by atoms with Gasteiger partial charge in [-0.2, -0.15) is 0 Å². The van der Waals surface area contributed by atoms with E-state index in [1.807, 2.05) is 0 Å². The highest BCUT2D eigenvalue weighted by molar-refractivity contribution is 5.86. The first kappa shape index (κ1) is 7.71. The molecule has 0 spiro atoms. The van der Waals surface area contributed by atoms with Crippen LogP contribution in [0.15, 0.2) is 6.20 Å². The molecular formula is C6H9N3O2. The van der Waals surface area contributed by atoms with E-state index in [1.165, 1.54) is 6.20 Å². The predicted octanol–water partition coefficient (Wildman–Crippen LogP) is 0.370. The molecular weight excluding hydrogens is 146 g/mol. The molecule has 1 heterocycles. The minimum absolute atomic E-state index is 0.120. The average Bonchev–Trinajstić information content (AvgIpc) is 2.35. The Morgan fingerprint density at radius 2 is 2.45 bits per heavy atom. The highest BCUT2D eigenvalue weighted by atomic mass is 16.5. The maximum Gasteiger partial charge on any atom is 0.358 e. The number of esters is 1. The zero-order chi connectivity index (χ0) is 8.27. The molecule has 0 aromatic carbocycles. The van der Waals surface area contributed by atoms with Crippen LogP contribution in [-0.2, 0) is 4.74 Å². The van der Waals surface area contributed by atoms with Gasteiger partial charge in [0, 0.05) is 0 Å². The topological polar surface area (TPSA) is 67.9 Å². The lowest BCUT2D eigenvalue weighted by atomic mass is 10.4. The van der Waals surface area contributed by atoms with Gasteiger partial charge < -0.3 is 4.74 Å². The number of rotatable bonds is 2. The van der Waals surface area contributed by atoms with Crippen LogP contribution in [0.5, 0.6) is 0 Å². The lowest BCUT2D eigenvalue weighted by Crippen LogP contribution is -2.11. The number of H-pyrrole nitrogens is 1. The lowest BCUT2D eigenvalue weighted by Gasteiger charge is -2.04. The second kappa shape index (κ2) is 3.14. The van der Waals surface area contributed by atoms with Crippen molar-refractivity contribution < 1.29 is 9.53 Å². The first-order chi connectivity index (χ1) is 5.20. The summed E-state index contributed by atoms with van der Waals surface area (Å²) in [5, 5.41) is 9.23. The van der Waals surface area contributed by atoms with Crippen molar-refractivity contribution in [1.29, 1.82) is 0 Å². The molecule has 0 saturated heterocycles. The molecule has 1 rings (SSSR count). The maximum absolute atomic E-state index is 11.0. The zero-order valence-electron chi connectivity index (χ0n) is 6.37. The molecule has 5 heteroatoms. The lowest BCUT2D eigenvalue weighted by molar-refractivity contribution is 0.0371. The fraction of sp³-hybridized carbons (Fsp3) is 0.500. The van der Waals surface area contributed by atoms with Crippen LogP contribution in [0, 0.1) is 0 Å². The van der Waals surface area contributed by atoms with Crippen LogP contribution in [-0.4, -0.2) is 27.5 Å². The van der Waals surface area contributed by atoms with Gasteiger partial charge in [0.1, 0.15) is 0 Å². The van der Waals surface area contributed by atoms with E-state index in [0.717, 1.165) is 0 Å². The van der Waals surface area contributed by atoms with Gasteiger partial charge in [-0.1, -0.05) is 5.21 Å². The Kier molecular flexibility index (Phi) is 2.20. The smallest absolute Gasteiger partial charge is 0.358 e.